The van der Waals surface area contributed by atoms with Gasteiger partial charge in [-0.25, -0.2) is 4.79 Å². The zero-order chi connectivity index (χ0) is 8.27. The Hall–Kier alpha value is -0.770. The molecule has 1 aliphatic rings. The summed E-state index contributed by atoms with van der Waals surface area (Å²) in [7, 11) is 0. The fourth-order valence-corrected chi connectivity index (χ4v) is 0.724. The average molecular weight is 158 g/mol. The van der Waals surface area contributed by atoms with Crippen molar-refractivity contribution in [2.75, 3.05) is 6.61 Å². The first-order valence-corrected chi connectivity index (χ1v) is 3.90. The third-order valence-corrected chi connectivity index (χ3v) is 1.56. The highest BCUT2D eigenvalue weighted by atomic mass is 16.3. The van der Waals surface area contributed by atoms with Crippen molar-refractivity contribution in [1.82, 2.24) is 10.6 Å². The summed E-state index contributed by atoms with van der Waals surface area (Å²) in [5.74, 6) is 0. The number of urea groups is 1. The van der Waals surface area contributed by atoms with Crippen LogP contribution in [0.5, 0.6) is 0 Å². The highest BCUT2D eigenvalue weighted by Crippen LogP contribution is 2.18. The van der Waals surface area contributed by atoms with E-state index in [4.69, 9.17) is 5.11 Å². The van der Waals surface area contributed by atoms with Crippen molar-refractivity contribution in [2.45, 2.75) is 31.8 Å². The minimum Gasteiger partial charge on any atom is -0.394 e. The van der Waals surface area contributed by atoms with E-state index in [1.165, 1.54) is 0 Å². The second-order valence-corrected chi connectivity index (χ2v) is 2.98. The molecule has 0 unspecified atom stereocenters. The summed E-state index contributed by atoms with van der Waals surface area (Å²) in [6, 6.07) is 0.0451. The first kappa shape index (κ1) is 8.33. The van der Waals surface area contributed by atoms with Crippen molar-refractivity contribution < 1.29 is 9.90 Å². The maximum atomic E-state index is 10.9. The Morgan fingerprint density at radius 3 is 2.82 bits per heavy atom. The van der Waals surface area contributed by atoms with E-state index in [-0.39, 0.29) is 18.7 Å². The number of carbonyl (C=O) groups excluding carboxylic acids is 1. The number of rotatable bonds is 3. The molecule has 0 heterocycles. The van der Waals surface area contributed by atoms with Crippen molar-refractivity contribution >= 4 is 6.03 Å². The van der Waals surface area contributed by atoms with Gasteiger partial charge in [0.05, 0.1) is 12.6 Å². The smallest absolute Gasteiger partial charge is 0.315 e. The third kappa shape index (κ3) is 3.23. The fourth-order valence-electron chi connectivity index (χ4n) is 0.724. The second-order valence-electron chi connectivity index (χ2n) is 2.98. The molecule has 0 bridgehead atoms. The van der Waals surface area contributed by atoms with Crippen LogP contribution in [0.2, 0.25) is 0 Å². The van der Waals surface area contributed by atoms with Gasteiger partial charge in [0, 0.05) is 6.04 Å². The number of aliphatic hydroxyl groups is 1. The molecule has 0 saturated heterocycles. The Morgan fingerprint density at radius 1 is 1.73 bits per heavy atom. The van der Waals surface area contributed by atoms with Gasteiger partial charge < -0.3 is 15.7 Å². The van der Waals surface area contributed by atoms with E-state index in [2.05, 4.69) is 10.6 Å². The van der Waals surface area contributed by atoms with E-state index in [0.717, 1.165) is 12.8 Å². The number of carbonyl (C=O) groups is 1. The molecule has 4 heteroatoms. The molecule has 0 aliphatic heterocycles. The molecule has 0 spiro atoms. The molecule has 0 aromatic carbocycles. The van der Waals surface area contributed by atoms with Crippen LogP contribution >= 0.6 is 0 Å². The van der Waals surface area contributed by atoms with Gasteiger partial charge in [0.1, 0.15) is 0 Å². The van der Waals surface area contributed by atoms with E-state index in [9.17, 15) is 4.79 Å². The van der Waals surface area contributed by atoms with Crippen LogP contribution in [0.15, 0.2) is 0 Å². The van der Waals surface area contributed by atoms with Gasteiger partial charge in [0.2, 0.25) is 0 Å². The van der Waals surface area contributed by atoms with Crippen LogP contribution in [0, 0.1) is 0 Å². The van der Waals surface area contributed by atoms with Gasteiger partial charge in [-0.2, -0.15) is 0 Å². The zero-order valence-corrected chi connectivity index (χ0v) is 6.63. The lowest BCUT2D eigenvalue weighted by Crippen LogP contribution is -2.43. The Kier molecular flexibility index (Phi) is 2.70. The second kappa shape index (κ2) is 3.57. The number of hydrogen-bond donors (Lipinski definition) is 3. The van der Waals surface area contributed by atoms with Gasteiger partial charge >= 0.3 is 6.03 Å². The van der Waals surface area contributed by atoms with Gasteiger partial charge in [-0.15, -0.1) is 0 Å². The molecular formula is C7H14N2O2. The molecule has 1 fully saturated rings. The van der Waals surface area contributed by atoms with E-state index < -0.39 is 0 Å². The van der Waals surface area contributed by atoms with Gasteiger partial charge in [-0.1, -0.05) is 0 Å². The molecule has 0 aromatic rings. The monoisotopic (exact) mass is 158 g/mol. The summed E-state index contributed by atoms with van der Waals surface area (Å²) in [6.45, 7) is 1.74. The van der Waals surface area contributed by atoms with Crippen LogP contribution in [0.25, 0.3) is 0 Å². The summed E-state index contributed by atoms with van der Waals surface area (Å²) in [5, 5.41) is 13.9. The van der Waals surface area contributed by atoms with Crippen LogP contribution in [-0.2, 0) is 0 Å². The SMILES string of the molecule is C[C@@H](CO)NC(=O)NC1CC1. The highest BCUT2D eigenvalue weighted by molar-refractivity contribution is 5.74. The number of nitrogens with one attached hydrogen (secondary N) is 2. The predicted molar refractivity (Wildman–Crippen MR) is 41.2 cm³/mol. The van der Waals surface area contributed by atoms with E-state index in [0.29, 0.717) is 6.04 Å². The summed E-state index contributed by atoms with van der Waals surface area (Å²) in [5.41, 5.74) is 0. The van der Waals surface area contributed by atoms with Crippen molar-refractivity contribution in [3.05, 3.63) is 0 Å². The van der Waals surface area contributed by atoms with Crippen LogP contribution in [0.1, 0.15) is 19.8 Å². The summed E-state index contributed by atoms with van der Waals surface area (Å²) in [4.78, 5) is 10.9. The maximum Gasteiger partial charge on any atom is 0.315 e. The summed E-state index contributed by atoms with van der Waals surface area (Å²) in [6.07, 6.45) is 2.17. The molecular weight excluding hydrogens is 144 g/mol. The van der Waals surface area contributed by atoms with Gasteiger partial charge in [0.25, 0.3) is 0 Å². The van der Waals surface area contributed by atoms with E-state index in [1.807, 2.05) is 0 Å². The highest BCUT2D eigenvalue weighted by Gasteiger charge is 2.23. The minimum atomic E-state index is -0.172. The molecule has 64 valence electrons. The van der Waals surface area contributed by atoms with Crippen molar-refractivity contribution in [3.8, 4) is 0 Å². The predicted octanol–water partition coefficient (Wildman–Crippen LogP) is -0.171. The molecule has 1 atom stereocenters. The first-order chi connectivity index (χ1) is 5.22. The quantitative estimate of drug-likeness (QED) is 0.534. The molecule has 0 aromatic heterocycles. The molecule has 2 amide bonds. The standard InChI is InChI=1S/C7H14N2O2/c1-5(4-10)8-7(11)9-6-2-3-6/h5-6,10H,2-4H2,1H3,(H2,8,9,11)/t5-/m0/s1. The molecule has 11 heavy (non-hydrogen) atoms. The first-order valence-electron chi connectivity index (χ1n) is 3.90. The Balaban J connectivity index is 2.08. The molecule has 1 rings (SSSR count). The number of amides is 2. The Bertz CT molecular complexity index is 145. The lowest BCUT2D eigenvalue weighted by atomic mass is 10.4. The zero-order valence-electron chi connectivity index (χ0n) is 6.63. The van der Waals surface area contributed by atoms with Crippen LogP contribution < -0.4 is 10.6 Å². The van der Waals surface area contributed by atoms with Gasteiger partial charge in [-0.3, -0.25) is 0 Å². The normalized spacial score (nSPS) is 19.1. The lowest BCUT2D eigenvalue weighted by Gasteiger charge is -2.10. The molecule has 1 aliphatic carbocycles. The van der Waals surface area contributed by atoms with Crippen LogP contribution in [0.4, 0.5) is 4.79 Å². The summed E-state index contributed by atoms with van der Waals surface area (Å²) >= 11 is 0. The van der Waals surface area contributed by atoms with Gasteiger partial charge in [0.15, 0.2) is 0 Å². The molecule has 0 radical (unpaired) electrons. The topological polar surface area (TPSA) is 61.4 Å². The third-order valence-electron chi connectivity index (χ3n) is 1.56. The van der Waals surface area contributed by atoms with Crippen LogP contribution in [-0.4, -0.2) is 29.8 Å². The fraction of sp³-hybridized carbons (Fsp3) is 0.857. The lowest BCUT2D eigenvalue weighted by molar-refractivity contribution is 0.220. The largest absolute Gasteiger partial charge is 0.394 e. The molecule has 3 N–H and O–H groups in total. The van der Waals surface area contributed by atoms with Crippen molar-refractivity contribution in [2.24, 2.45) is 0 Å². The maximum absolute atomic E-state index is 10.9. The molecule has 4 nitrogen and oxygen atoms in total. The number of hydrogen-bond acceptors (Lipinski definition) is 2. The summed E-state index contributed by atoms with van der Waals surface area (Å²) < 4.78 is 0. The van der Waals surface area contributed by atoms with Crippen molar-refractivity contribution in [3.63, 3.8) is 0 Å². The van der Waals surface area contributed by atoms with E-state index in [1.54, 1.807) is 6.92 Å². The molecule has 1 saturated carbocycles. The van der Waals surface area contributed by atoms with Gasteiger partial charge in [-0.05, 0) is 19.8 Å². The van der Waals surface area contributed by atoms with Crippen molar-refractivity contribution in [1.29, 1.82) is 0 Å². The Morgan fingerprint density at radius 2 is 2.36 bits per heavy atom. The number of aliphatic hydroxyl groups excluding tert-OH is 1. The average Bonchev–Trinajstić information content (AvgIpc) is 2.71. The minimum absolute atomic E-state index is 0.0158. The van der Waals surface area contributed by atoms with Crippen LogP contribution in [0.3, 0.4) is 0 Å². The van der Waals surface area contributed by atoms with E-state index >= 15 is 0 Å². The Labute approximate surface area is 66.0 Å².